The normalized spacial score (nSPS) is 12.3. The fraction of sp³-hybridized carbons (Fsp3) is 0.375. The Bertz CT molecular complexity index is 479. The molecular formula is C16H21N3. The molecule has 0 radical (unpaired) electrons. The van der Waals surface area contributed by atoms with Gasteiger partial charge in [0.1, 0.15) is 5.82 Å². The lowest BCUT2D eigenvalue weighted by molar-refractivity contribution is 0.518. The number of nitrogens with one attached hydrogen (secondary N) is 1. The van der Waals surface area contributed by atoms with Crippen molar-refractivity contribution in [3.63, 3.8) is 0 Å². The zero-order chi connectivity index (χ0) is 13.5. The van der Waals surface area contributed by atoms with Crippen LogP contribution in [-0.2, 0) is 6.42 Å². The Labute approximate surface area is 115 Å². The molecule has 0 aliphatic rings. The molecule has 1 unspecified atom stereocenters. The van der Waals surface area contributed by atoms with Gasteiger partial charge in [-0.15, -0.1) is 0 Å². The lowest BCUT2D eigenvalue weighted by atomic mass is 10.0. The summed E-state index contributed by atoms with van der Waals surface area (Å²) >= 11 is 0. The molecule has 0 spiro atoms. The van der Waals surface area contributed by atoms with Crippen molar-refractivity contribution >= 4 is 0 Å². The number of benzene rings is 1. The lowest BCUT2D eigenvalue weighted by Crippen LogP contribution is -2.24. The molecule has 0 fully saturated rings. The third-order valence-corrected chi connectivity index (χ3v) is 3.06. The van der Waals surface area contributed by atoms with Crippen molar-refractivity contribution in [1.82, 2.24) is 15.3 Å². The van der Waals surface area contributed by atoms with E-state index in [0.29, 0.717) is 0 Å². The Hall–Kier alpha value is -1.74. The van der Waals surface area contributed by atoms with E-state index in [1.165, 1.54) is 5.56 Å². The molecule has 1 N–H and O–H groups in total. The van der Waals surface area contributed by atoms with Crippen LogP contribution in [0.3, 0.4) is 0 Å². The summed E-state index contributed by atoms with van der Waals surface area (Å²) in [7, 11) is 0. The topological polar surface area (TPSA) is 37.8 Å². The Balaban J connectivity index is 2.11. The van der Waals surface area contributed by atoms with E-state index >= 15 is 0 Å². The van der Waals surface area contributed by atoms with Crippen LogP contribution in [0.2, 0.25) is 0 Å². The van der Waals surface area contributed by atoms with Crippen LogP contribution in [0.5, 0.6) is 0 Å². The fourth-order valence-electron chi connectivity index (χ4n) is 2.02. The maximum Gasteiger partial charge on any atom is 0.130 e. The van der Waals surface area contributed by atoms with Gasteiger partial charge in [-0.2, -0.15) is 0 Å². The van der Waals surface area contributed by atoms with Gasteiger partial charge >= 0.3 is 0 Å². The van der Waals surface area contributed by atoms with Gasteiger partial charge in [0.15, 0.2) is 0 Å². The summed E-state index contributed by atoms with van der Waals surface area (Å²) in [6.07, 6.45) is 5.71. The Morgan fingerprint density at radius 3 is 2.42 bits per heavy atom. The smallest absolute Gasteiger partial charge is 0.130 e. The van der Waals surface area contributed by atoms with Crippen molar-refractivity contribution in [3.05, 3.63) is 59.7 Å². The first kappa shape index (κ1) is 13.7. The van der Waals surface area contributed by atoms with Crippen molar-refractivity contribution in [3.8, 4) is 0 Å². The second-order valence-electron chi connectivity index (χ2n) is 4.80. The van der Waals surface area contributed by atoms with Gasteiger partial charge in [-0.05, 0) is 31.0 Å². The van der Waals surface area contributed by atoms with Crippen LogP contribution in [0.15, 0.2) is 42.7 Å². The standard InChI is InChI=1S/C16H21N3/c1-3-9-17-15(14-7-5-4-6-8-14)10-16-18-11-13(2)12-19-16/h4-8,11-12,15,17H,3,9-10H2,1-2H3. The quantitative estimate of drug-likeness (QED) is 0.862. The molecule has 3 heteroatoms. The maximum atomic E-state index is 4.40. The van der Waals surface area contributed by atoms with E-state index in [4.69, 9.17) is 0 Å². The zero-order valence-electron chi connectivity index (χ0n) is 11.6. The SMILES string of the molecule is CCCNC(Cc1ncc(C)cn1)c1ccccc1. The molecule has 2 aromatic rings. The van der Waals surface area contributed by atoms with Crippen LogP contribution < -0.4 is 5.32 Å². The maximum absolute atomic E-state index is 4.40. The molecule has 0 saturated heterocycles. The summed E-state index contributed by atoms with van der Waals surface area (Å²) in [6.45, 7) is 5.19. The summed E-state index contributed by atoms with van der Waals surface area (Å²) in [4.78, 5) is 8.80. The van der Waals surface area contributed by atoms with Gasteiger partial charge in [-0.1, -0.05) is 37.3 Å². The summed E-state index contributed by atoms with van der Waals surface area (Å²) < 4.78 is 0. The minimum Gasteiger partial charge on any atom is -0.310 e. The first-order valence-corrected chi connectivity index (χ1v) is 6.85. The van der Waals surface area contributed by atoms with Crippen LogP contribution in [0.1, 0.15) is 36.3 Å². The van der Waals surface area contributed by atoms with E-state index in [-0.39, 0.29) is 6.04 Å². The number of hydrogen-bond donors (Lipinski definition) is 1. The number of hydrogen-bond acceptors (Lipinski definition) is 3. The van der Waals surface area contributed by atoms with Crippen molar-refractivity contribution < 1.29 is 0 Å². The van der Waals surface area contributed by atoms with Gasteiger partial charge in [0.2, 0.25) is 0 Å². The highest BCUT2D eigenvalue weighted by molar-refractivity contribution is 5.20. The van der Waals surface area contributed by atoms with E-state index in [1.54, 1.807) is 0 Å². The monoisotopic (exact) mass is 255 g/mol. The van der Waals surface area contributed by atoms with Gasteiger partial charge in [-0.3, -0.25) is 0 Å². The molecule has 3 nitrogen and oxygen atoms in total. The average molecular weight is 255 g/mol. The molecular weight excluding hydrogens is 234 g/mol. The molecule has 19 heavy (non-hydrogen) atoms. The Morgan fingerprint density at radius 1 is 1.11 bits per heavy atom. The molecule has 1 aromatic heterocycles. The fourth-order valence-corrected chi connectivity index (χ4v) is 2.02. The van der Waals surface area contributed by atoms with E-state index in [0.717, 1.165) is 30.8 Å². The molecule has 1 atom stereocenters. The van der Waals surface area contributed by atoms with E-state index in [2.05, 4.69) is 46.5 Å². The third-order valence-electron chi connectivity index (χ3n) is 3.06. The van der Waals surface area contributed by atoms with Crippen molar-refractivity contribution in [1.29, 1.82) is 0 Å². The summed E-state index contributed by atoms with van der Waals surface area (Å²) in [5.74, 6) is 0.892. The second-order valence-corrected chi connectivity index (χ2v) is 4.80. The van der Waals surface area contributed by atoms with Gasteiger partial charge in [0.05, 0.1) is 0 Å². The van der Waals surface area contributed by atoms with Crippen LogP contribution in [-0.4, -0.2) is 16.5 Å². The summed E-state index contributed by atoms with van der Waals surface area (Å²) in [6, 6.07) is 10.8. The molecule has 2 rings (SSSR count). The number of rotatable bonds is 6. The van der Waals surface area contributed by atoms with Crippen molar-refractivity contribution in [2.45, 2.75) is 32.7 Å². The van der Waals surface area contributed by atoms with Gasteiger partial charge in [0, 0.05) is 24.9 Å². The minimum absolute atomic E-state index is 0.281. The molecule has 0 amide bonds. The predicted octanol–water partition coefficient (Wildman–Crippen LogP) is 3.07. The van der Waals surface area contributed by atoms with Crippen LogP contribution in [0.4, 0.5) is 0 Å². The van der Waals surface area contributed by atoms with Crippen LogP contribution >= 0.6 is 0 Å². The van der Waals surface area contributed by atoms with Gasteiger partial charge < -0.3 is 5.32 Å². The van der Waals surface area contributed by atoms with E-state index < -0.39 is 0 Å². The number of aromatic nitrogens is 2. The van der Waals surface area contributed by atoms with E-state index in [1.807, 2.05) is 25.4 Å². The van der Waals surface area contributed by atoms with Crippen molar-refractivity contribution in [2.24, 2.45) is 0 Å². The largest absolute Gasteiger partial charge is 0.310 e. The highest BCUT2D eigenvalue weighted by Crippen LogP contribution is 2.16. The van der Waals surface area contributed by atoms with Gasteiger partial charge in [0.25, 0.3) is 0 Å². The Morgan fingerprint density at radius 2 is 1.79 bits per heavy atom. The highest BCUT2D eigenvalue weighted by atomic mass is 14.9. The first-order chi connectivity index (χ1) is 9.29. The second kappa shape index (κ2) is 7.00. The third kappa shape index (κ3) is 4.14. The minimum atomic E-state index is 0.281. The molecule has 0 saturated carbocycles. The molecule has 1 aromatic carbocycles. The number of nitrogens with zero attached hydrogens (tertiary/aromatic N) is 2. The molecule has 100 valence electrons. The molecule has 1 heterocycles. The van der Waals surface area contributed by atoms with E-state index in [9.17, 15) is 0 Å². The summed E-state index contributed by atoms with van der Waals surface area (Å²) in [5.41, 5.74) is 2.39. The Kier molecular flexibility index (Phi) is 5.04. The van der Waals surface area contributed by atoms with Crippen LogP contribution in [0, 0.1) is 6.92 Å². The lowest BCUT2D eigenvalue weighted by Gasteiger charge is -2.18. The number of aryl methyl sites for hydroxylation is 1. The average Bonchev–Trinajstić information content (AvgIpc) is 2.46. The van der Waals surface area contributed by atoms with Gasteiger partial charge in [-0.25, -0.2) is 9.97 Å². The first-order valence-electron chi connectivity index (χ1n) is 6.85. The molecule has 0 aliphatic heterocycles. The van der Waals surface area contributed by atoms with Crippen molar-refractivity contribution in [2.75, 3.05) is 6.54 Å². The zero-order valence-corrected chi connectivity index (χ0v) is 11.6. The predicted molar refractivity (Wildman–Crippen MR) is 77.9 cm³/mol. The molecule has 0 aliphatic carbocycles. The highest BCUT2D eigenvalue weighted by Gasteiger charge is 2.12. The van der Waals surface area contributed by atoms with Crippen LogP contribution in [0.25, 0.3) is 0 Å². The molecule has 0 bridgehead atoms. The summed E-state index contributed by atoms with van der Waals surface area (Å²) in [5, 5.41) is 3.57.